The van der Waals surface area contributed by atoms with E-state index in [9.17, 15) is 9.18 Å². The Bertz CT molecular complexity index is 604. The zero-order valence-electron chi connectivity index (χ0n) is 9.11. The van der Waals surface area contributed by atoms with Crippen LogP contribution in [-0.4, -0.2) is 6.03 Å². The molecule has 4 nitrogen and oxygen atoms in total. The highest BCUT2D eigenvalue weighted by molar-refractivity contribution is 7.14. The predicted molar refractivity (Wildman–Crippen MR) is 68.1 cm³/mol. The number of carbonyl (C=O) groups is 1. The van der Waals surface area contributed by atoms with Gasteiger partial charge in [0.15, 0.2) is 0 Å². The Morgan fingerprint density at radius 2 is 2.11 bits per heavy atom. The number of carbonyl (C=O) groups excluding carboxylic acids is 1. The van der Waals surface area contributed by atoms with Crippen LogP contribution in [0.1, 0.15) is 5.56 Å². The summed E-state index contributed by atoms with van der Waals surface area (Å²) in [6.45, 7) is 0. The van der Waals surface area contributed by atoms with Crippen molar-refractivity contribution in [3.05, 3.63) is 47.1 Å². The van der Waals surface area contributed by atoms with E-state index in [0.717, 1.165) is 0 Å². The zero-order valence-corrected chi connectivity index (χ0v) is 9.92. The Morgan fingerprint density at radius 3 is 2.78 bits per heavy atom. The van der Waals surface area contributed by atoms with Gasteiger partial charge >= 0.3 is 6.03 Å². The second-order valence-corrected chi connectivity index (χ2v) is 4.28. The number of nitriles is 1. The summed E-state index contributed by atoms with van der Waals surface area (Å²) in [5.74, 6) is -0.661. The zero-order chi connectivity index (χ0) is 13.0. The molecule has 0 atom stereocenters. The summed E-state index contributed by atoms with van der Waals surface area (Å²) in [6, 6.07) is 8.79. The molecule has 0 unspecified atom stereocenters. The number of thiophene rings is 1. The number of hydrogen-bond donors (Lipinski definition) is 2. The quantitative estimate of drug-likeness (QED) is 0.870. The topological polar surface area (TPSA) is 64.9 Å². The van der Waals surface area contributed by atoms with Gasteiger partial charge in [-0.15, -0.1) is 11.3 Å². The number of nitrogens with one attached hydrogen (secondary N) is 2. The van der Waals surface area contributed by atoms with E-state index in [-0.39, 0.29) is 11.3 Å². The van der Waals surface area contributed by atoms with Crippen LogP contribution in [0.4, 0.5) is 19.9 Å². The third-order valence-electron chi connectivity index (χ3n) is 2.13. The van der Waals surface area contributed by atoms with Crippen LogP contribution in [0.25, 0.3) is 0 Å². The van der Waals surface area contributed by atoms with Crippen LogP contribution in [0.15, 0.2) is 35.7 Å². The van der Waals surface area contributed by atoms with Crippen LogP contribution >= 0.6 is 11.3 Å². The molecule has 2 rings (SSSR count). The molecule has 18 heavy (non-hydrogen) atoms. The second kappa shape index (κ2) is 5.29. The SMILES string of the molecule is N#Cc1c(F)cccc1NC(=O)Nc1cccs1. The van der Waals surface area contributed by atoms with Gasteiger partial charge in [0.25, 0.3) is 0 Å². The lowest BCUT2D eigenvalue weighted by atomic mass is 10.2. The van der Waals surface area contributed by atoms with Gasteiger partial charge in [-0.3, -0.25) is 5.32 Å². The molecule has 0 bridgehead atoms. The third-order valence-corrected chi connectivity index (χ3v) is 2.92. The number of halogens is 1. The first-order valence-electron chi connectivity index (χ1n) is 5.01. The minimum Gasteiger partial charge on any atom is -0.306 e. The number of amides is 2. The third kappa shape index (κ3) is 2.64. The van der Waals surface area contributed by atoms with Gasteiger partial charge in [-0.2, -0.15) is 5.26 Å². The lowest BCUT2D eigenvalue weighted by Gasteiger charge is -2.07. The highest BCUT2D eigenvalue weighted by Gasteiger charge is 2.10. The number of nitrogens with zero attached hydrogens (tertiary/aromatic N) is 1. The van der Waals surface area contributed by atoms with Crippen molar-refractivity contribution in [2.24, 2.45) is 0 Å². The van der Waals surface area contributed by atoms with E-state index >= 15 is 0 Å². The van der Waals surface area contributed by atoms with Crippen molar-refractivity contribution in [1.82, 2.24) is 0 Å². The van der Waals surface area contributed by atoms with E-state index in [0.29, 0.717) is 5.00 Å². The summed E-state index contributed by atoms with van der Waals surface area (Å²) in [7, 11) is 0. The number of benzene rings is 1. The van der Waals surface area contributed by atoms with Crippen LogP contribution in [0.3, 0.4) is 0 Å². The van der Waals surface area contributed by atoms with Gasteiger partial charge < -0.3 is 5.32 Å². The molecule has 0 aliphatic carbocycles. The van der Waals surface area contributed by atoms with Gasteiger partial charge in [0.05, 0.1) is 10.7 Å². The van der Waals surface area contributed by atoms with Crippen LogP contribution in [0.5, 0.6) is 0 Å². The molecule has 0 saturated heterocycles. The van der Waals surface area contributed by atoms with Gasteiger partial charge in [0, 0.05) is 0 Å². The molecular weight excluding hydrogens is 253 g/mol. The van der Waals surface area contributed by atoms with Crippen LogP contribution < -0.4 is 10.6 Å². The first kappa shape index (κ1) is 12.1. The Morgan fingerprint density at radius 1 is 1.28 bits per heavy atom. The van der Waals surface area contributed by atoms with E-state index in [1.54, 1.807) is 18.2 Å². The molecular formula is C12H8FN3OS. The fourth-order valence-corrected chi connectivity index (χ4v) is 1.97. The summed E-state index contributed by atoms with van der Waals surface area (Å²) in [5, 5.41) is 16.3. The molecule has 2 N–H and O–H groups in total. The average molecular weight is 261 g/mol. The molecule has 90 valence electrons. The Hall–Kier alpha value is -2.39. The largest absolute Gasteiger partial charge is 0.324 e. The molecule has 0 aliphatic rings. The molecule has 2 aromatic rings. The van der Waals surface area contributed by atoms with Crippen LogP contribution in [0, 0.1) is 17.1 Å². The van der Waals surface area contributed by atoms with Gasteiger partial charge in [-0.05, 0) is 29.6 Å². The minimum absolute atomic E-state index is 0.145. The Kier molecular flexibility index (Phi) is 3.55. The van der Waals surface area contributed by atoms with E-state index in [4.69, 9.17) is 5.26 Å². The number of anilines is 2. The first-order valence-corrected chi connectivity index (χ1v) is 5.89. The molecule has 1 aromatic carbocycles. The molecule has 1 heterocycles. The maximum atomic E-state index is 13.3. The number of hydrogen-bond acceptors (Lipinski definition) is 3. The van der Waals surface area contributed by atoms with E-state index in [1.807, 2.05) is 5.38 Å². The fourth-order valence-electron chi connectivity index (χ4n) is 1.36. The van der Waals surface area contributed by atoms with E-state index in [1.165, 1.54) is 29.5 Å². The van der Waals surface area contributed by atoms with Gasteiger partial charge in [0.2, 0.25) is 0 Å². The smallest absolute Gasteiger partial charge is 0.306 e. The summed E-state index contributed by atoms with van der Waals surface area (Å²) in [4.78, 5) is 11.6. The summed E-state index contributed by atoms with van der Waals surface area (Å²) in [5.41, 5.74) is -0.0367. The summed E-state index contributed by atoms with van der Waals surface area (Å²) < 4.78 is 13.3. The molecule has 0 spiro atoms. The highest BCUT2D eigenvalue weighted by Crippen LogP contribution is 2.19. The average Bonchev–Trinajstić information content (AvgIpc) is 2.82. The Balaban J connectivity index is 2.13. The lowest BCUT2D eigenvalue weighted by Crippen LogP contribution is -2.19. The normalized spacial score (nSPS) is 9.56. The maximum absolute atomic E-state index is 13.3. The van der Waals surface area contributed by atoms with Crippen molar-refractivity contribution in [1.29, 1.82) is 5.26 Å². The molecule has 0 aliphatic heterocycles. The predicted octanol–water partition coefficient (Wildman–Crippen LogP) is 3.40. The van der Waals surface area contributed by atoms with Crippen molar-refractivity contribution in [3.8, 4) is 6.07 Å². The standard InChI is InChI=1S/C12H8FN3OS/c13-9-3-1-4-10(8(9)7-14)15-12(17)16-11-5-2-6-18-11/h1-6H,(H2,15,16,17). The fraction of sp³-hybridized carbons (Fsp3) is 0. The summed E-state index contributed by atoms with van der Waals surface area (Å²) >= 11 is 1.36. The molecule has 6 heteroatoms. The van der Waals surface area contributed by atoms with Crippen molar-refractivity contribution in [2.75, 3.05) is 10.6 Å². The van der Waals surface area contributed by atoms with E-state index in [2.05, 4.69) is 10.6 Å². The second-order valence-electron chi connectivity index (χ2n) is 3.33. The minimum atomic E-state index is -0.661. The number of urea groups is 1. The first-order chi connectivity index (χ1) is 8.70. The van der Waals surface area contributed by atoms with Crippen molar-refractivity contribution in [3.63, 3.8) is 0 Å². The van der Waals surface area contributed by atoms with Crippen molar-refractivity contribution < 1.29 is 9.18 Å². The molecule has 0 radical (unpaired) electrons. The Labute approximate surface area is 107 Å². The molecule has 0 saturated carbocycles. The summed E-state index contributed by atoms with van der Waals surface area (Å²) in [6.07, 6.45) is 0. The molecule has 0 fully saturated rings. The highest BCUT2D eigenvalue weighted by atomic mass is 32.1. The number of rotatable bonds is 2. The maximum Gasteiger partial charge on any atom is 0.324 e. The van der Waals surface area contributed by atoms with Crippen molar-refractivity contribution >= 4 is 28.1 Å². The van der Waals surface area contributed by atoms with Crippen LogP contribution in [0.2, 0.25) is 0 Å². The van der Waals surface area contributed by atoms with Gasteiger partial charge in [-0.25, -0.2) is 9.18 Å². The molecule has 2 amide bonds. The lowest BCUT2D eigenvalue weighted by molar-refractivity contribution is 0.262. The van der Waals surface area contributed by atoms with Crippen LogP contribution in [-0.2, 0) is 0 Å². The van der Waals surface area contributed by atoms with Crippen molar-refractivity contribution in [2.45, 2.75) is 0 Å². The van der Waals surface area contributed by atoms with Gasteiger partial charge in [-0.1, -0.05) is 6.07 Å². The molecule has 1 aromatic heterocycles. The monoisotopic (exact) mass is 261 g/mol. The van der Waals surface area contributed by atoms with Gasteiger partial charge in [0.1, 0.15) is 17.4 Å². The van der Waals surface area contributed by atoms with E-state index < -0.39 is 11.8 Å².